The number of hydrogen-bond acceptors (Lipinski definition) is 5. The van der Waals surface area contributed by atoms with E-state index in [1.165, 1.54) is 0 Å². The minimum absolute atomic E-state index is 0.232. The molecule has 6 nitrogen and oxygen atoms in total. The standard InChI is InChI=1S/C12H24N2O4/c1-3-17-11(18-4-2)5-7-14-8-6-13-9-10(14)12(15)16/h10-11,13H,3-9H2,1-2H3,(H,15,16). The van der Waals surface area contributed by atoms with E-state index in [1.807, 2.05) is 18.7 Å². The molecule has 6 heteroatoms. The second-order valence-electron chi connectivity index (χ2n) is 4.22. The van der Waals surface area contributed by atoms with Gasteiger partial charge in [0.2, 0.25) is 0 Å². The Morgan fingerprint density at radius 1 is 1.44 bits per heavy atom. The third-order valence-corrected chi connectivity index (χ3v) is 3.00. The molecule has 1 unspecified atom stereocenters. The number of carboxylic acids is 1. The molecule has 0 saturated carbocycles. The summed E-state index contributed by atoms with van der Waals surface area (Å²) in [6.45, 7) is 7.84. The molecule has 1 heterocycles. The topological polar surface area (TPSA) is 71.0 Å². The van der Waals surface area contributed by atoms with Crippen LogP contribution in [0.3, 0.4) is 0 Å². The van der Waals surface area contributed by atoms with E-state index in [9.17, 15) is 4.79 Å². The summed E-state index contributed by atoms with van der Waals surface area (Å²) in [4.78, 5) is 13.1. The van der Waals surface area contributed by atoms with Gasteiger partial charge in [-0.15, -0.1) is 0 Å². The molecule has 106 valence electrons. The molecule has 0 aromatic rings. The molecule has 1 atom stereocenters. The van der Waals surface area contributed by atoms with E-state index >= 15 is 0 Å². The molecule has 0 aromatic carbocycles. The third kappa shape index (κ3) is 4.89. The Hall–Kier alpha value is -0.690. The predicted octanol–water partition coefficient (Wildman–Crippen LogP) is 0.134. The number of aliphatic carboxylic acids is 1. The Morgan fingerprint density at radius 2 is 2.11 bits per heavy atom. The van der Waals surface area contributed by atoms with Crippen molar-refractivity contribution in [2.24, 2.45) is 0 Å². The lowest BCUT2D eigenvalue weighted by Crippen LogP contribution is -2.55. The van der Waals surface area contributed by atoms with Gasteiger partial charge in [-0.25, -0.2) is 0 Å². The zero-order valence-electron chi connectivity index (χ0n) is 11.2. The summed E-state index contributed by atoms with van der Waals surface area (Å²) in [7, 11) is 0. The Balaban J connectivity index is 2.40. The lowest BCUT2D eigenvalue weighted by Gasteiger charge is -2.34. The van der Waals surface area contributed by atoms with Gasteiger partial charge in [-0.2, -0.15) is 0 Å². The van der Waals surface area contributed by atoms with Crippen molar-refractivity contribution >= 4 is 5.97 Å². The number of rotatable bonds is 8. The Kier molecular flexibility index (Phi) is 7.19. The summed E-state index contributed by atoms with van der Waals surface area (Å²) in [6, 6.07) is -0.442. The van der Waals surface area contributed by atoms with Crippen LogP contribution in [-0.4, -0.2) is 67.7 Å². The summed E-state index contributed by atoms with van der Waals surface area (Å²) >= 11 is 0. The molecule has 1 fully saturated rings. The first-order valence-electron chi connectivity index (χ1n) is 6.59. The van der Waals surface area contributed by atoms with Gasteiger partial charge in [0.1, 0.15) is 6.04 Å². The van der Waals surface area contributed by atoms with E-state index in [4.69, 9.17) is 14.6 Å². The predicted molar refractivity (Wildman–Crippen MR) is 67.5 cm³/mol. The fourth-order valence-electron chi connectivity index (χ4n) is 2.12. The van der Waals surface area contributed by atoms with Crippen LogP contribution in [-0.2, 0) is 14.3 Å². The number of carboxylic acid groups (broad SMARTS) is 1. The fraction of sp³-hybridized carbons (Fsp3) is 0.917. The van der Waals surface area contributed by atoms with Gasteiger partial charge in [0.05, 0.1) is 0 Å². The maximum absolute atomic E-state index is 11.1. The van der Waals surface area contributed by atoms with Crippen LogP contribution in [0.5, 0.6) is 0 Å². The van der Waals surface area contributed by atoms with Crippen molar-refractivity contribution in [2.75, 3.05) is 39.4 Å². The van der Waals surface area contributed by atoms with Gasteiger partial charge < -0.3 is 19.9 Å². The first-order chi connectivity index (χ1) is 8.69. The van der Waals surface area contributed by atoms with Crippen molar-refractivity contribution in [3.63, 3.8) is 0 Å². The summed E-state index contributed by atoms with van der Waals surface area (Å²) in [5.41, 5.74) is 0. The van der Waals surface area contributed by atoms with Gasteiger partial charge in [-0.3, -0.25) is 9.69 Å². The molecule has 0 radical (unpaired) electrons. The number of carbonyl (C=O) groups is 1. The van der Waals surface area contributed by atoms with Crippen LogP contribution >= 0.6 is 0 Å². The average molecular weight is 260 g/mol. The summed E-state index contributed by atoms with van der Waals surface area (Å²) in [6.07, 6.45) is 0.468. The van der Waals surface area contributed by atoms with Crippen LogP contribution in [0.15, 0.2) is 0 Å². The molecule has 0 spiro atoms. The van der Waals surface area contributed by atoms with Crippen molar-refractivity contribution in [3.05, 3.63) is 0 Å². The molecular formula is C12H24N2O4. The molecule has 0 amide bonds. The van der Waals surface area contributed by atoms with Crippen molar-refractivity contribution in [1.82, 2.24) is 10.2 Å². The Morgan fingerprint density at radius 3 is 2.67 bits per heavy atom. The van der Waals surface area contributed by atoms with Crippen molar-refractivity contribution in [3.8, 4) is 0 Å². The van der Waals surface area contributed by atoms with Crippen molar-refractivity contribution < 1.29 is 19.4 Å². The SMILES string of the molecule is CCOC(CCN1CCNCC1C(=O)O)OCC. The van der Waals surface area contributed by atoms with Crippen molar-refractivity contribution in [1.29, 1.82) is 0 Å². The zero-order chi connectivity index (χ0) is 13.4. The number of nitrogens with one attached hydrogen (secondary N) is 1. The molecule has 2 N–H and O–H groups in total. The van der Waals surface area contributed by atoms with Gasteiger partial charge in [0, 0.05) is 45.8 Å². The molecule has 0 aromatic heterocycles. The number of ether oxygens (including phenoxy) is 2. The van der Waals surface area contributed by atoms with Crippen molar-refractivity contribution in [2.45, 2.75) is 32.6 Å². The van der Waals surface area contributed by atoms with E-state index in [-0.39, 0.29) is 6.29 Å². The summed E-state index contributed by atoms with van der Waals surface area (Å²) in [5.74, 6) is -0.772. The van der Waals surface area contributed by atoms with Gasteiger partial charge >= 0.3 is 5.97 Å². The number of piperazine rings is 1. The van der Waals surface area contributed by atoms with Gasteiger partial charge in [0.25, 0.3) is 0 Å². The van der Waals surface area contributed by atoms with Crippen LogP contribution in [0.25, 0.3) is 0 Å². The smallest absolute Gasteiger partial charge is 0.322 e. The van der Waals surface area contributed by atoms with E-state index in [1.54, 1.807) is 0 Å². The van der Waals surface area contributed by atoms with E-state index in [2.05, 4.69) is 5.32 Å². The molecule has 1 saturated heterocycles. The van der Waals surface area contributed by atoms with Crippen LogP contribution in [0.1, 0.15) is 20.3 Å². The normalized spacial score (nSPS) is 21.4. The first kappa shape index (κ1) is 15.4. The van der Waals surface area contributed by atoms with E-state index < -0.39 is 12.0 Å². The molecule has 0 bridgehead atoms. The van der Waals surface area contributed by atoms with Crippen LogP contribution in [0.4, 0.5) is 0 Å². The highest BCUT2D eigenvalue weighted by Gasteiger charge is 2.28. The molecule has 18 heavy (non-hydrogen) atoms. The lowest BCUT2D eigenvalue weighted by molar-refractivity contribution is -0.150. The second kappa shape index (κ2) is 8.42. The Bertz CT molecular complexity index is 244. The summed E-state index contributed by atoms with van der Waals surface area (Å²) in [5, 5.41) is 12.2. The number of hydrogen-bond donors (Lipinski definition) is 2. The molecule has 1 aliphatic rings. The molecule has 0 aliphatic carbocycles. The molecule has 1 rings (SSSR count). The monoisotopic (exact) mass is 260 g/mol. The Labute approximate surface area is 108 Å². The molecule has 1 aliphatic heterocycles. The lowest BCUT2D eigenvalue weighted by atomic mass is 10.2. The maximum Gasteiger partial charge on any atom is 0.322 e. The van der Waals surface area contributed by atoms with Crippen LogP contribution < -0.4 is 5.32 Å². The molecular weight excluding hydrogens is 236 g/mol. The zero-order valence-corrected chi connectivity index (χ0v) is 11.2. The maximum atomic E-state index is 11.1. The fourth-order valence-corrected chi connectivity index (χ4v) is 2.12. The second-order valence-corrected chi connectivity index (χ2v) is 4.22. The van der Waals surface area contributed by atoms with Gasteiger partial charge in [-0.1, -0.05) is 0 Å². The highest BCUT2D eigenvalue weighted by atomic mass is 16.7. The van der Waals surface area contributed by atoms with Gasteiger partial charge in [0.15, 0.2) is 6.29 Å². The number of nitrogens with zero attached hydrogens (tertiary/aromatic N) is 1. The highest BCUT2D eigenvalue weighted by molar-refractivity contribution is 5.73. The van der Waals surface area contributed by atoms with E-state index in [0.29, 0.717) is 32.7 Å². The first-order valence-corrected chi connectivity index (χ1v) is 6.59. The summed E-state index contributed by atoms with van der Waals surface area (Å²) < 4.78 is 10.9. The van der Waals surface area contributed by atoms with Crippen LogP contribution in [0.2, 0.25) is 0 Å². The van der Waals surface area contributed by atoms with Gasteiger partial charge in [-0.05, 0) is 13.8 Å². The minimum atomic E-state index is -0.772. The largest absolute Gasteiger partial charge is 0.480 e. The highest BCUT2D eigenvalue weighted by Crippen LogP contribution is 2.08. The van der Waals surface area contributed by atoms with E-state index in [0.717, 1.165) is 13.1 Å². The average Bonchev–Trinajstić information content (AvgIpc) is 2.36. The third-order valence-electron chi connectivity index (χ3n) is 3.00. The van der Waals surface area contributed by atoms with Crippen LogP contribution in [0, 0.1) is 0 Å². The quantitative estimate of drug-likeness (QED) is 0.605. The minimum Gasteiger partial charge on any atom is -0.480 e.